The van der Waals surface area contributed by atoms with Gasteiger partial charge in [-0.15, -0.1) is 0 Å². The maximum absolute atomic E-state index is 9.12. The van der Waals surface area contributed by atoms with Crippen LogP contribution in [-0.2, 0) is 6.54 Å². The first kappa shape index (κ1) is 13.0. The summed E-state index contributed by atoms with van der Waals surface area (Å²) in [6.07, 6.45) is 3.80. The van der Waals surface area contributed by atoms with Crippen LogP contribution in [0.25, 0.3) is 10.8 Å². The summed E-state index contributed by atoms with van der Waals surface area (Å²) in [5.74, 6) is 0.257. The van der Waals surface area contributed by atoms with Crippen molar-refractivity contribution in [1.82, 2.24) is 10.3 Å². The minimum atomic E-state index is 0.210. The van der Waals surface area contributed by atoms with Crippen molar-refractivity contribution < 1.29 is 5.11 Å². The fourth-order valence-corrected chi connectivity index (χ4v) is 1.95. The fraction of sp³-hybridized carbons (Fsp3) is 0.400. The van der Waals surface area contributed by atoms with E-state index in [2.05, 4.69) is 29.4 Å². The van der Waals surface area contributed by atoms with Gasteiger partial charge in [-0.05, 0) is 23.8 Å². The zero-order valence-electron chi connectivity index (χ0n) is 10.9. The number of nitrogens with one attached hydrogen (secondary N) is 1. The third kappa shape index (κ3) is 2.86. The van der Waals surface area contributed by atoms with Gasteiger partial charge in [-0.25, -0.2) is 0 Å². The largest absolute Gasteiger partial charge is 0.396 e. The molecule has 0 amide bonds. The Labute approximate surface area is 108 Å². The molecule has 0 aliphatic carbocycles. The molecule has 2 N–H and O–H groups in total. The Morgan fingerprint density at radius 1 is 1.22 bits per heavy atom. The van der Waals surface area contributed by atoms with Gasteiger partial charge in [0.1, 0.15) is 0 Å². The molecule has 0 saturated heterocycles. The molecule has 1 heterocycles. The number of aliphatic hydroxyl groups excluding tert-OH is 1. The van der Waals surface area contributed by atoms with Gasteiger partial charge in [-0.1, -0.05) is 31.2 Å². The summed E-state index contributed by atoms with van der Waals surface area (Å²) in [6.45, 7) is 5.13. The van der Waals surface area contributed by atoms with Crippen LogP contribution >= 0.6 is 0 Å². The van der Waals surface area contributed by atoms with Gasteiger partial charge in [-0.2, -0.15) is 0 Å². The smallest absolute Gasteiger partial charge is 0.0471 e. The number of benzene rings is 1. The normalized spacial score (nSPS) is 14.6. The highest BCUT2D eigenvalue weighted by molar-refractivity contribution is 5.84. The highest BCUT2D eigenvalue weighted by Gasteiger charge is 2.10. The quantitative estimate of drug-likeness (QED) is 0.848. The fourth-order valence-electron chi connectivity index (χ4n) is 1.95. The van der Waals surface area contributed by atoms with E-state index in [1.54, 1.807) is 0 Å². The second-order valence-corrected chi connectivity index (χ2v) is 4.85. The molecule has 1 aromatic carbocycles. The van der Waals surface area contributed by atoms with Crippen LogP contribution in [-0.4, -0.2) is 22.7 Å². The summed E-state index contributed by atoms with van der Waals surface area (Å²) in [5, 5.41) is 15.0. The maximum Gasteiger partial charge on any atom is 0.0471 e. The summed E-state index contributed by atoms with van der Waals surface area (Å²) in [4.78, 5) is 4.27. The second kappa shape index (κ2) is 5.94. The first-order valence-electron chi connectivity index (χ1n) is 6.38. The van der Waals surface area contributed by atoms with E-state index in [0.717, 1.165) is 6.54 Å². The van der Waals surface area contributed by atoms with Crippen molar-refractivity contribution in [3.8, 4) is 0 Å². The Morgan fingerprint density at radius 2 is 2.00 bits per heavy atom. The number of rotatable bonds is 5. The third-order valence-electron chi connectivity index (χ3n) is 3.51. The molecule has 0 aliphatic rings. The van der Waals surface area contributed by atoms with E-state index in [0.29, 0.717) is 0 Å². The Morgan fingerprint density at radius 3 is 2.78 bits per heavy atom. The predicted octanol–water partition coefficient (Wildman–Crippen LogP) is 2.34. The van der Waals surface area contributed by atoms with Crippen LogP contribution in [0.15, 0.2) is 36.7 Å². The molecule has 2 atom stereocenters. The number of nitrogens with zero attached hydrogens (tertiary/aromatic N) is 1. The summed E-state index contributed by atoms with van der Waals surface area (Å²) in [7, 11) is 0. The second-order valence-electron chi connectivity index (χ2n) is 4.85. The van der Waals surface area contributed by atoms with Crippen molar-refractivity contribution in [3.63, 3.8) is 0 Å². The summed E-state index contributed by atoms with van der Waals surface area (Å²) in [6, 6.07) is 8.55. The van der Waals surface area contributed by atoms with Crippen LogP contribution in [0.2, 0.25) is 0 Å². The molecular formula is C15H20N2O. The number of hydrogen-bond donors (Lipinski definition) is 2. The van der Waals surface area contributed by atoms with E-state index >= 15 is 0 Å². The first-order chi connectivity index (χ1) is 8.72. The lowest BCUT2D eigenvalue weighted by atomic mass is 10.0. The molecule has 0 fully saturated rings. The first-order valence-corrected chi connectivity index (χ1v) is 6.38. The van der Waals surface area contributed by atoms with Crippen LogP contribution in [0.1, 0.15) is 19.4 Å². The zero-order chi connectivity index (χ0) is 13.0. The van der Waals surface area contributed by atoms with Gasteiger partial charge >= 0.3 is 0 Å². The SMILES string of the molecule is CC(CO)C(C)NCc1cncc2ccccc12. The standard InChI is InChI=1S/C15H20N2O/c1-11(10-18)12(2)17-9-14-8-16-7-13-5-3-4-6-15(13)14/h3-8,11-12,17-18H,9-10H2,1-2H3. The topological polar surface area (TPSA) is 45.1 Å². The van der Waals surface area contributed by atoms with Gasteiger partial charge in [0.15, 0.2) is 0 Å². The molecule has 0 spiro atoms. The molecule has 2 rings (SSSR count). The summed E-state index contributed by atoms with van der Waals surface area (Å²) < 4.78 is 0. The van der Waals surface area contributed by atoms with E-state index in [-0.39, 0.29) is 18.6 Å². The van der Waals surface area contributed by atoms with Gasteiger partial charge in [-0.3, -0.25) is 4.98 Å². The van der Waals surface area contributed by atoms with Crippen LogP contribution < -0.4 is 5.32 Å². The van der Waals surface area contributed by atoms with Crippen LogP contribution in [0, 0.1) is 5.92 Å². The van der Waals surface area contributed by atoms with Crippen LogP contribution in [0.5, 0.6) is 0 Å². The van der Waals surface area contributed by atoms with Gasteiger partial charge < -0.3 is 10.4 Å². The highest BCUT2D eigenvalue weighted by atomic mass is 16.3. The maximum atomic E-state index is 9.12. The van der Waals surface area contributed by atoms with E-state index < -0.39 is 0 Å². The van der Waals surface area contributed by atoms with Gasteiger partial charge in [0.25, 0.3) is 0 Å². The van der Waals surface area contributed by atoms with Crippen LogP contribution in [0.4, 0.5) is 0 Å². The van der Waals surface area contributed by atoms with E-state index in [9.17, 15) is 0 Å². The van der Waals surface area contributed by atoms with Crippen molar-refractivity contribution in [2.45, 2.75) is 26.4 Å². The molecular weight excluding hydrogens is 224 g/mol. The molecule has 3 heteroatoms. The molecule has 0 aliphatic heterocycles. The van der Waals surface area contributed by atoms with E-state index in [4.69, 9.17) is 5.11 Å². The lowest BCUT2D eigenvalue weighted by Gasteiger charge is -2.19. The number of hydrogen-bond acceptors (Lipinski definition) is 3. The van der Waals surface area contributed by atoms with E-state index in [1.807, 2.05) is 31.5 Å². The molecule has 3 nitrogen and oxygen atoms in total. The summed E-state index contributed by atoms with van der Waals surface area (Å²) >= 11 is 0. The number of aliphatic hydroxyl groups is 1. The van der Waals surface area contributed by atoms with Crippen molar-refractivity contribution in [2.75, 3.05) is 6.61 Å². The Kier molecular flexibility index (Phi) is 4.28. The molecule has 96 valence electrons. The number of aromatic nitrogens is 1. The molecule has 0 radical (unpaired) electrons. The Bertz CT molecular complexity index is 507. The average Bonchev–Trinajstić information content (AvgIpc) is 2.43. The molecule has 0 saturated carbocycles. The lowest BCUT2D eigenvalue weighted by Crippen LogP contribution is -2.33. The van der Waals surface area contributed by atoms with Gasteiger partial charge in [0, 0.05) is 37.0 Å². The molecule has 2 aromatic rings. The monoisotopic (exact) mass is 244 g/mol. The van der Waals surface area contributed by atoms with Gasteiger partial charge in [0.05, 0.1) is 0 Å². The Balaban J connectivity index is 2.12. The minimum Gasteiger partial charge on any atom is -0.396 e. The van der Waals surface area contributed by atoms with E-state index in [1.165, 1.54) is 16.3 Å². The predicted molar refractivity (Wildman–Crippen MR) is 74.3 cm³/mol. The molecule has 18 heavy (non-hydrogen) atoms. The number of pyridine rings is 1. The molecule has 2 unspecified atom stereocenters. The van der Waals surface area contributed by atoms with Gasteiger partial charge in [0.2, 0.25) is 0 Å². The van der Waals surface area contributed by atoms with Crippen molar-refractivity contribution in [2.24, 2.45) is 5.92 Å². The van der Waals surface area contributed by atoms with Crippen molar-refractivity contribution in [3.05, 3.63) is 42.2 Å². The lowest BCUT2D eigenvalue weighted by molar-refractivity contribution is 0.207. The molecule has 1 aromatic heterocycles. The third-order valence-corrected chi connectivity index (χ3v) is 3.51. The average molecular weight is 244 g/mol. The number of fused-ring (bicyclic) bond motifs is 1. The van der Waals surface area contributed by atoms with Crippen molar-refractivity contribution >= 4 is 10.8 Å². The zero-order valence-corrected chi connectivity index (χ0v) is 10.9. The highest BCUT2D eigenvalue weighted by Crippen LogP contribution is 2.17. The molecule has 0 bridgehead atoms. The summed E-state index contributed by atoms with van der Waals surface area (Å²) in [5.41, 5.74) is 1.20. The Hall–Kier alpha value is -1.45. The minimum absolute atomic E-state index is 0.210. The van der Waals surface area contributed by atoms with Crippen molar-refractivity contribution in [1.29, 1.82) is 0 Å². The van der Waals surface area contributed by atoms with Crippen LogP contribution in [0.3, 0.4) is 0 Å².